The Morgan fingerprint density at radius 1 is 1.00 bits per heavy atom. The number of hydrogen-bond acceptors (Lipinski definition) is 2. The Hall–Kier alpha value is -1.45. The van der Waals surface area contributed by atoms with Crippen LogP contribution in [-0.4, -0.2) is 9.96 Å². The van der Waals surface area contributed by atoms with Crippen molar-refractivity contribution in [2.24, 2.45) is 5.73 Å². The fraction of sp³-hybridized carbons (Fsp3) is 0.333. The van der Waals surface area contributed by atoms with E-state index in [2.05, 4.69) is 32.9 Å². The maximum Gasteiger partial charge on any atom is 0.0551 e. The molecule has 2 N–H and O–H groups in total. The Labute approximate surface area is 129 Å². The Morgan fingerprint density at radius 3 is 2.14 bits per heavy atom. The molecule has 0 aliphatic carbocycles. The third kappa shape index (κ3) is 3.60. The highest BCUT2D eigenvalue weighted by Gasteiger charge is 2.17. The van der Waals surface area contributed by atoms with E-state index in [1.54, 1.807) is 0 Å². The Bertz CT molecular complexity index is 656. The van der Waals surface area contributed by atoms with Crippen molar-refractivity contribution in [1.29, 1.82) is 0 Å². The lowest BCUT2D eigenvalue weighted by molar-refractivity contribution is 0.674. The summed E-state index contributed by atoms with van der Waals surface area (Å²) in [6.07, 6.45) is 0. The van der Waals surface area contributed by atoms with Crippen LogP contribution in [0.5, 0.6) is 0 Å². The van der Waals surface area contributed by atoms with Gasteiger partial charge < -0.3 is 5.73 Å². The van der Waals surface area contributed by atoms with Crippen LogP contribution < -0.4 is 5.73 Å². The van der Waals surface area contributed by atoms with Crippen molar-refractivity contribution in [2.45, 2.75) is 38.6 Å². The first-order chi connectivity index (χ1) is 9.90. The van der Waals surface area contributed by atoms with Crippen LogP contribution in [0.2, 0.25) is 0 Å². The number of aryl methyl sites for hydroxylation is 4. The van der Waals surface area contributed by atoms with Gasteiger partial charge in [-0.05, 0) is 56.0 Å². The summed E-state index contributed by atoms with van der Waals surface area (Å²) in [7, 11) is -1.07. The second-order valence-corrected chi connectivity index (χ2v) is 7.16. The van der Waals surface area contributed by atoms with Crippen LogP contribution in [0.4, 0.5) is 0 Å². The molecule has 0 aliphatic heterocycles. The summed E-state index contributed by atoms with van der Waals surface area (Å²) in [4.78, 5) is 0.885. The molecule has 2 unspecified atom stereocenters. The summed E-state index contributed by atoms with van der Waals surface area (Å²) in [6, 6.07) is 11.9. The van der Waals surface area contributed by atoms with Crippen LogP contribution >= 0.6 is 0 Å². The molecule has 21 heavy (non-hydrogen) atoms. The highest BCUT2D eigenvalue weighted by Crippen LogP contribution is 2.24. The van der Waals surface area contributed by atoms with Crippen molar-refractivity contribution in [1.82, 2.24) is 0 Å². The van der Waals surface area contributed by atoms with Gasteiger partial charge >= 0.3 is 0 Å². The number of rotatable bonds is 4. The first-order valence-corrected chi connectivity index (χ1v) is 8.49. The lowest BCUT2D eigenvalue weighted by Crippen LogP contribution is -2.21. The molecule has 0 saturated carbocycles. The van der Waals surface area contributed by atoms with Crippen LogP contribution in [0.1, 0.15) is 33.9 Å². The Balaban J connectivity index is 2.25. The van der Waals surface area contributed by atoms with Crippen molar-refractivity contribution in [3.63, 3.8) is 0 Å². The molecule has 112 valence electrons. The lowest BCUT2D eigenvalue weighted by atomic mass is 9.95. The molecule has 0 aliphatic rings. The molecule has 0 fully saturated rings. The molecule has 0 radical (unpaired) electrons. The average Bonchev–Trinajstić information content (AvgIpc) is 2.37. The SMILES string of the molecule is Cc1cc(C)c(C(N)CS(=O)c2ccccc2C)c(C)c1. The van der Waals surface area contributed by atoms with Crippen molar-refractivity contribution in [2.75, 3.05) is 5.75 Å². The molecule has 2 rings (SSSR count). The van der Waals surface area contributed by atoms with Gasteiger partial charge in [0.1, 0.15) is 0 Å². The molecule has 2 atom stereocenters. The van der Waals surface area contributed by atoms with E-state index in [0.717, 1.165) is 16.0 Å². The number of nitrogens with two attached hydrogens (primary N) is 1. The minimum absolute atomic E-state index is 0.203. The molecule has 0 heterocycles. The normalized spacial score (nSPS) is 14.0. The Morgan fingerprint density at radius 2 is 1.57 bits per heavy atom. The first kappa shape index (κ1) is 15.9. The van der Waals surface area contributed by atoms with E-state index in [1.165, 1.54) is 16.7 Å². The van der Waals surface area contributed by atoms with E-state index >= 15 is 0 Å². The molecule has 2 aromatic rings. The van der Waals surface area contributed by atoms with Gasteiger partial charge in [-0.1, -0.05) is 35.9 Å². The van der Waals surface area contributed by atoms with Gasteiger partial charge in [0.2, 0.25) is 0 Å². The van der Waals surface area contributed by atoms with Crippen LogP contribution in [0.3, 0.4) is 0 Å². The van der Waals surface area contributed by atoms with E-state index in [9.17, 15) is 4.21 Å². The summed E-state index contributed by atoms with van der Waals surface area (Å²) >= 11 is 0. The van der Waals surface area contributed by atoms with Crippen LogP contribution in [0.15, 0.2) is 41.3 Å². The molecule has 0 spiro atoms. The zero-order valence-electron chi connectivity index (χ0n) is 13.1. The van der Waals surface area contributed by atoms with Gasteiger partial charge in [-0.25, -0.2) is 0 Å². The van der Waals surface area contributed by atoms with Gasteiger partial charge in [0.25, 0.3) is 0 Å². The largest absolute Gasteiger partial charge is 0.323 e. The average molecular weight is 301 g/mol. The van der Waals surface area contributed by atoms with E-state index in [4.69, 9.17) is 5.73 Å². The molecule has 0 saturated heterocycles. The predicted octanol–water partition coefficient (Wildman–Crippen LogP) is 3.73. The maximum atomic E-state index is 12.6. The zero-order valence-corrected chi connectivity index (χ0v) is 14.0. The maximum absolute atomic E-state index is 12.6. The summed E-state index contributed by atoms with van der Waals surface area (Å²) in [5, 5.41) is 0. The molecule has 0 amide bonds. The van der Waals surface area contributed by atoms with Crippen molar-refractivity contribution in [3.8, 4) is 0 Å². The molecule has 2 nitrogen and oxygen atoms in total. The smallest absolute Gasteiger partial charge is 0.0551 e. The standard InChI is InChI=1S/C18H23NOS/c1-12-9-14(3)18(15(4)10-12)16(19)11-21(20)17-8-6-5-7-13(17)2/h5-10,16H,11,19H2,1-4H3. The summed E-state index contributed by atoms with van der Waals surface area (Å²) in [5.74, 6) is 0.454. The summed E-state index contributed by atoms with van der Waals surface area (Å²) < 4.78 is 12.6. The monoisotopic (exact) mass is 301 g/mol. The van der Waals surface area contributed by atoms with Gasteiger partial charge in [0.15, 0.2) is 0 Å². The van der Waals surface area contributed by atoms with E-state index in [1.807, 2.05) is 31.2 Å². The quantitative estimate of drug-likeness (QED) is 0.935. The molecule has 3 heteroatoms. The van der Waals surface area contributed by atoms with Gasteiger partial charge in [0.05, 0.1) is 10.8 Å². The van der Waals surface area contributed by atoms with Crippen LogP contribution in [-0.2, 0) is 10.8 Å². The minimum atomic E-state index is -1.07. The van der Waals surface area contributed by atoms with Gasteiger partial charge in [-0.3, -0.25) is 4.21 Å². The Kier molecular flexibility index (Phi) is 4.96. The fourth-order valence-electron chi connectivity index (χ4n) is 2.92. The highest BCUT2D eigenvalue weighted by molar-refractivity contribution is 7.85. The van der Waals surface area contributed by atoms with Crippen molar-refractivity contribution < 1.29 is 4.21 Å². The highest BCUT2D eigenvalue weighted by atomic mass is 32.2. The van der Waals surface area contributed by atoms with Gasteiger partial charge in [-0.15, -0.1) is 0 Å². The lowest BCUT2D eigenvalue weighted by Gasteiger charge is -2.18. The first-order valence-electron chi connectivity index (χ1n) is 7.17. The van der Waals surface area contributed by atoms with Crippen molar-refractivity contribution >= 4 is 10.8 Å². The van der Waals surface area contributed by atoms with Gasteiger partial charge in [-0.2, -0.15) is 0 Å². The van der Waals surface area contributed by atoms with E-state index in [-0.39, 0.29) is 6.04 Å². The van der Waals surface area contributed by atoms with Crippen LogP contribution in [0.25, 0.3) is 0 Å². The minimum Gasteiger partial charge on any atom is -0.323 e. The zero-order chi connectivity index (χ0) is 15.6. The number of benzene rings is 2. The molecule has 0 aromatic heterocycles. The second-order valence-electron chi connectivity index (χ2n) is 5.70. The second kappa shape index (κ2) is 6.54. The third-order valence-corrected chi connectivity index (χ3v) is 5.39. The molecular formula is C18H23NOS. The van der Waals surface area contributed by atoms with Gasteiger partial charge in [0, 0.05) is 16.7 Å². The topological polar surface area (TPSA) is 43.1 Å². The van der Waals surface area contributed by atoms with E-state index in [0.29, 0.717) is 5.75 Å². The number of hydrogen-bond donors (Lipinski definition) is 1. The molecule has 0 bridgehead atoms. The predicted molar refractivity (Wildman–Crippen MR) is 90.0 cm³/mol. The molecular weight excluding hydrogens is 278 g/mol. The molecule has 2 aromatic carbocycles. The third-order valence-electron chi connectivity index (χ3n) is 3.78. The summed E-state index contributed by atoms with van der Waals surface area (Å²) in [6.45, 7) is 8.22. The summed E-state index contributed by atoms with van der Waals surface area (Å²) in [5.41, 5.74) is 12.1. The fourth-order valence-corrected chi connectivity index (χ4v) is 4.25. The van der Waals surface area contributed by atoms with Crippen LogP contribution in [0, 0.1) is 27.7 Å². The van der Waals surface area contributed by atoms with E-state index < -0.39 is 10.8 Å². The van der Waals surface area contributed by atoms with Crippen molar-refractivity contribution in [3.05, 3.63) is 64.2 Å².